The van der Waals surface area contributed by atoms with Crippen molar-refractivity contribution in [3.05, 3.63) is 66.0 Å². The number of nitrogens with one attached hydrogen (secondary N) is 1. The zero-order chi connectivity index (χ0) is 12.1. The van der Waals surface area contributed by atoms with Crippen LogP contribution < -0.4 is 5.32 Å². The van der Waals surface area contributed by atoms with Crippen molar-refractivity contribution in [2.45, 2.75) is 13.0 Å². The van der Waals surface area contributed by atoms with E-state index in [9.17, 15) is 4.79 Å². The van der Waals surface area contributed by atoms with E-state index in [-0.39, 0.29) is 11.9 Å². The Kier molecular flexibility index (Phi) is 3.50. The van der Waals surface area contributed by atoms with E-state index >= 15 is 0 Å². The fourth-order valence-corrected chi connectivity index (χ4v) is 1.61. The van der Waals surface area contributed by atoms with Crippen molar-refractivity contribution < 1.29 is 4.79 Å². The molecule has 0 fully saturated rings. The van der Waals surface area contributed by atoms with Gasteiger partial charge in [0, 0.05) is 18.0 Å². The van der Waals surface area contributed by atoms with Crippen LogP contribution in [0, 0.1) is 0 Å². The number of rotatable bonds is 3. The Morgan fingerprint density at radius 3 is 2.41 bits per heavy atom. The zero-order valence-electron chi connectivity index (χ0n) is 9.63. The molecule has 0 saturated heterocycles. The van der Waals surface area contributed by atoms with Crippen molar-refractivity contribution in [1.29, 1.82) is 0 Å². The summed E-state index contributed by atoms with van der Waals surface area (Å²) >= 11 is 0. The third-order valence-corrected chi connectivity index (χ3v) is 2.59. The number of carbonyl (C=O) groups excluding carboxylic acids is 1. The molecule has 0 radical (unpaired) electrons. The van der Waals surface area contributed by atoms with Gasteiger partial charge in [-0.2, -0.15) is 0 Å². The lowest BCUT2D eigenvalue weighted by Gasteiger charge is -2.14. The molecule has 1 aromatic heterocycles. The number of hydrogen-bond acceptors (Lipinski definition) is 2. The molecular formula is C14H14N2O. The summed E-state index contributed by atoms with van der Waals surface area (Å²) in [5.41, 5.74) is 1.72. The van der Waals surface area contributed by atoms with Crippen LogP contribution in [0.4, 0.5) is 0 Å². The Hall–Kier alpha value is -2.16. The van der Waals surface area contributed by atoms with Gasteiger partial charge in [0.05, 0.1) is 6.04 Å². The lowest BCUT2D eigenvalue weighted by molar-refractivity contribution is 0.0940. The van der Waals surface area contributed by atoms with Crippen LogP contribution in [0.2, 0.25) is 0 Å². The average Bonchev–Trinajstić information content (AvgIpc) is 2.40. The molecule has 1 aromatic carbocycles. The topological polar surface area (TPSA) is 42.0 Å². The van der Waals surface area contributed by atoms with Gasteiger partial charge in [-0.25, -0.2) is 0 Å². The average molecular weight is 226 g/mol. The Morgan fingerprint density at radius 2 is 1.76 bits per heavy atom. The molecule has 2 aromatic rings. The maximum Gasteiger partial charge on any atom is 0.251 e. The molecule has 1 atom stereocenters. The van der Waals surface area contributed by atoms with Crippen LogP contribution >= 0.6 is 0 Å². The molecule has 3 nitrogen and oxygen atoms in total. The summed E-state index contributed by atoms with van der Waals surface area (Å²) < 4.78 is 0. The molecule has 0 aliphatic carbocycles. The first-order valence-electron chi connectivity index (χ1n) is 5.53. The van der Waals surface area contributed by atoms with E-state index in [2.05, 4.69) is 10.3 Å². The maximum atomic E-state index is 11.9. The molecule has 2 rings (SSSR count). The van der Waals surface area contributed by atoms with Crippen LogP contribution in [-0.4, -0.2) is 10.9 Å². The minimum absolute atomic E-state index is 0.00290. The second-order valence-corrected chi connectivity index (χ2v) is 3.84. The molecule has 1 amide bonds. The second-order valence-electron chi connectivity index (χ2n) is 3.84. The van der Waals surface area contributed by atoms with Crippen LogP contribution in [0.1, 0.15) is 28.9 Å². The minimum Gasteiger partial charge on any atom is -0.346 e. The minimum atomic E-state index is -0.0799. The number of nitrogens with zero attached hydrogens (tertiary/aromatic N) is 1. The van der Waals surface area contributed by atoms with Crippen molar-refractivity contribution in [1.82, 2.24) is 10.3 Å². The number of pyridine rings is 1. The number of aromatic nitrogens is 1. The lowest BCUT2D eigenvalue weighted by Crippen LogP contribution is -2.26. The first-order valence-corrected chi connectivity index (χ1v) is 5.53. The van der Waals surface area contributed by atoms with Gasteiger partial charge in [-0.15, -0.1) is 0 Å². The lowest BCUT2D eigenvalue weighted by atomic mass is 10.1. The SMILES string of the molecule is C[C@H](NC(=O)c1ccncc1)c1ccccc1. The molecule has 0 saturated carbocycles. The van der Waals surface area contributed by atoms with E-state index in [1.54, 1.807) is 24.5 Å². The van der Waals surface area contributed by atoms with Gasteiger partial charge in [0.25, 0.3) is 5.91 Å². The molecule has 17 heavy (non-hydrogen) atoms. The van der Waals surface area contributed by atoms with Gasteiger partial charge in [0.15, 0.2) is 0 Å². The van der Waals surface area contributed by atoms with E-state index < -0.39 is 0 Å². The molecule has 3 heteroatoms. The molecule has 1 N–H and O–H groups in total. The van der Waals surface area contributed by atoms with Gasteiger partial charge in [0.1, 0.15) is 0 Å². The maximum absolute atomic E-state index is 11.9. The third kappa shape index (κ3) is 2.91. The highest BCUT2D eigenvalue weighted by Crippen LogP contribution is 2.11. The van der Waals surface area contributed by atoms with Crippen LogP contribution in [-0.2, 0) is 0 Å². The van der Waals surface area contributed by atoms with Gasteiger partial charge in [-0.3, -0.25) is 9.78 Å². The highest BCUT2D eigenvalue weighted by molar-refractivity contribution is 5.94. The second kappa shape index (κ2) is 5.25. The molecule has 0 aliphatic rings. The molecule has 0 unspecified atom stereocenters. The molecular weight excluding hydrogens is 212 g/mol. The Balaban J connectivity index is 2.05. The standard InChI is InChI=1S/C14H14N2O/c1-11(12-5-3-2-4-6-12)16-14(17)13-7-9-15-10-8-13/h2-11H,1H3,(H,16,17)/t11-/m0/s1. The van der Waals surface area contributed by atoms with Crippen LogP contribution in [0.25, 0.3) is 0 Å². The number of hydrogen-bond donors (Lipinski definition) is 1. The summed E-state index contributed by atoms with van der Waals surface area (Å²) in [6.45, 7) is 1.97. The largest absolute Gasteiger partial charge is 0.346 e. The summed E-state index contributed by atoms with van der Waals surface area (Å²) in [6, 6.07) is 13.3. The fourth-order valence-electron chi connectivity index (χ4n) is 1.61. The van der Waals surface area contributed by atoms with Crippen molar-refractivity contribution in [3.8, 4) is 0 Å². The van der Waals surface area contributed by atoms with Crippen molar-refractivity contribution in [3.63, 3.8) is 0 Å². The van der Waals surface area contributed by atoms with Crippen LogP contribution in [0.5, 0.6) is 0 Å². The monoisotopic (exact) mass is 226 g/mol. The van der Waals surface area contributed by atoms with E-state index in [1.165, 1.54) is 0 Å². The fraction of sp³-hybridized carbons (Fsp3) is 0.143. The normalized spacial score (nSPS) is 11.8. The van der Waals surface area contributed by atoms with Crippen molar-refractivity contribution >= 4 is 5.91 Å². The van der Waals surface area contributed by atoms with Crippen molar-refractivity contribution in [2.75, 3.05) is 0 Å². The highest BCUT2D eigenvalue weighted by atomic mass is 16.1. The number of carbonyl (C=O) groups is 1. The van der Waals surface area contributed by atoms with Gasteiger partial charge in [-0.05, 0) is 24.6 Å². The quantitative estimate of drug-likeness (QED) is 0.874. The molecule has 1 heterocycles. The predicted octanol–water partition coefficient (Wildman–Crippen LogP) is 2.57. The summed E-state index contributed by atoms with van der Waals surface area (Å²) in [6.07, 6.45) is 3.23. The molecule has 0 aliphatic heterocycles. The predicted molar refractivity (Wildman–Crippen MR) is 66.6 cm³/mol. The van der Waals surface area contributed by atoms with Crippen LogP contribution in [0.15, 0.2) is 54.9 Å². The van der Waals surface area contributed by atoms with Gasteiger partial charge < -0.3 is 5.32 Å². The third-order valence-electron chi connectivity index (χ3n) is 2.59. The van der Waals surface area contributed by atoms with E-state index in [0.29, 0.717) is 5.56 Å². The summed E-state index contributed by atoms with van der Waals surface area (Å²) in [5.74, 6) is -0.0799. The van der Waals surface area contributed by atoms with Gasteiger partial charge in [0.2, 0.25) is 0 Å². The van der Waals surface area contributed by atoms with Crippen LogP contribution in [0.3, 0.4) is 0 Å². The Labute approximate surface area is 101 Å². The zero-order valence-corrected chi connectivity index (χ0v) is 9.63. The van der Waals surface area contributed by atoms with Gasteiger partial charge in [-0.1, -0.05) is 30.3 Å². The molecule has 0 spiro atoms. The van der Waals surface area contributed by atoms with E-state index in [4.69, 9.17) is 0 Å². The molecule has 0 bridgehead atoms. The summed E-state index contributed by atoms with van der Waals surface area (Å²) in [5, 5.41) is 2.95. The number of amides is 1. The molecule has 86 valence electrons. The van der Waals surface area contributed by atoms with Crippen molar-refractivity contribution in [2.24, 2.45) is 0 Å². The van der Waals surface area contributed by atoms with E-state index in [0.717, 1.165) is 5.56 Å². The first kappa shape index (κ1) is 11.3. The summed E-state index contributed by atoms with van der Waals surface area (Å²) in [7, 11) is 0. The Bertz CT molecular complexity index is 482. The smallest absolute Gasteiger partial charge is 0.251 e. The Morgan fingerprint density at radius 1 is 1.12 bits per heavy atom. The first-order chi connectivity index (χ1) is 8.27. The van der Waals surface area contributed by atoms with E-state index in [1.807, 2.05) is 37.3 Å². The van der Waals surface area contributed by atoms with Gasteiger partial charge >= 0.3 is 0 Å². The summed E-state index contributed by atoms with van der Waals surface area (Å²) in [4.78, 5) is 15.8. The number of benzene rings is 1. The highest BCUT2D eigenvalue weighted by Gasteiger charge is 2.10.